The number of aliphatic imine (C=N–C) groups is 1. The molecule has 0 spiro atoms. The lowest BCUT2D eigenvalue weighted by Gasteiger charge is -2.05. The van der Waals surface area contributed by atoms with Crippen molar-refractivity contribution in [2.24, 2.45) is 4.99 Å². The lowest BCUT2D eigenvalue weighted by atomic mass is 10.3. The Balaban J connectivity index is 5.00. The fraction of sp³-hybridized carbons (Fsp3) is 0.286. The quantitative estimate of drug-likeness (QED) is 0.297. The minimum atomic E-state index is -0.951. The standard InChI is InChI=1S/C7H11N3O3/c1-8-4(6(12)9-2)5(11)7(13)10-3/h8,11H,3H2,1-2H3,(H,9,12). The van der Waals surface area contributed by atoms with Crippen molar-refractivity contribution in [2.45, 2.75) is 0 Å². The number of rotatable bonds is 3. The molecule has 2 amide bonds. The van der Waals surface area contributed by atoms with Gasteiger partial charge in [-0.1, -0.05) is 0 Å². The van der Waals surface area contributed by atoms with E-state index >= 15 is 0 Å². The summed E-state index contributed by atoms with van der Waals surface area (Å²) in [5.41, 5.74) is -0.236. The van der Waals surface area contributed by atoms with E-state index in [4.69, 9.17) is 5.11 Å². The molecule has 0 aliphatic rings. The first-order valence-electron chi connectivity index (χ1n) is 3.42. The molecule has 0 rings (SSSR count). The molecule has 0 aliphatic heterocycles. The predicted octanol–water partition coefficient (Wildman–Crippen LogP) is -1.05. The van der Waals surface area contributed by atoms with Gasteiger partial charge in [0.05, 0.1) is 0 Å². The molecule has 3 N–H and O–H groups in total. The minimum Gasteiger partial charge on any atom is -0.501 e. The van der Waals surface area contributed by atoms with Crippen molar-refractivity contribution in [1.29, 1.82) is 0 Å². The molecule has 0 aliphatic carbocycles. The van der Waals surface area contributed by atoms with Crippen molar-refractivity contribution in [3.63, 3.8) is 0 Å². The Morgan fingerprint density at radius 1 is 1.31 bits per heavy atom. The third-order valence-electron chi connectivity index (χ3n) is 1.29. The van der Waals surface area contributed by atoms with E-state index in [0.717, 1.165) is 0 Å². The van der Waals surface area contributed by atoms with Gasteiger partial charge in [-0.2, -0.15) is 0 Å². The van der Waals surface area contributed by atoms with Crippen LogP contribution in [0.3, 0.4) is 0 Å². The fourth-order valence-electron chi connectivity index (χ4n) is 0.646. The van der Waals surface area contributed by atoms with Crippen molar-refractivity contribution in [2.75, 3.05) is 14.1 Å². The van der Waals surface area contributed by atoms with Crippen molar-refractivity contribution in [3.05, 3.63) is 11.5 Å². The summed E-state index contributed by atoms with van der Waals surface area (Å²) in [6.07, 6.45) is 0. The Morgan fingerprint density at radius 3 is 2.15 bits per heavy atom. The first kappa shape index (κ1) is 11.2. The zero-order chi connectivity index (χ0) is 10.4. The van der Waals surface area contributed by atoms with Crippen molar-refractivity contribution < 1.29 is 14.7 Å². The maximum Gasteiger partial charge on any atom is 0.313 e. The molecule has 6 heteroatoms. The van der Waals surface area contributed by atoms with Gasteiger partial charge >= 0.3 is 5.91 Å². The summed E-state index contributed by atoms with van der Waals surface area (Å²) in [5.74, 6) is -2.30. The van der Waals surface area contributed by atoms with E-state index in [1.54, 1.807) is 0 Å². The van der Waals surface area contributed by atoms with E-state index in [2.05, 4.69) is 22.3 Å². The van der Waals surface area contributed by atoms with Gasteiger partial charge < -0.3 is 15.7 Å². The third kappa shape index (κ3) is 2.58. The second-order valence-electron chi connectivity index (χ2n) is 2.02. The molecular formula is C7H11N3O3. The molecule has 0 aromatic heterocycles. The van der Waals surface area contributed by atoms with Crippen LogP contribution in [0.1, 0.15) is 0 Å². The van der Waals surface area contributed by atoms with E-state index in [0.29, 0.717) is 0 Å². The Kier molecular flexibility index (Phi) is 4.21. The molecule has 6 nitrogen and oxygen atoms in total. The van der Waals surface area contributed by atoms with Crippen LogP contribution in [0.5, 0.6) is 0 Å². The van der Waals surface area contributed by atoms with Gasteiger partial charge in [-0.15, -0.1) is 0 Å². The van der Waals surface area contributed by atoms with Gasteiger partial charge in [0.25, 0.3) is 5.91 Å². The van der Waals surface area contributed by atoms with Gasteiger partial charge in [0, 0.05) is 14.1 Å². The highest BCUT2D eigenvalue weighted by atomic mass is 16.3. The van der Waals surface area contributed by atoms with Crippen LogP contribution in [0.2, 0.25) is 0 Å². The summed E-state index contributed by atoms with van der Waals surface area (Å²) in [7, 11) is 2.77. The number of aliphatic hydroxyl groups excluding tert-OH is 1. The Hall–Kier alpha value is -1.85. The lowest BCUT2D eigenvalue weighted by molar-refractivity contribution is -0.120. The minimum absolute atomic E-state index is 0.236. The van der Waals surface area contributed by atoms with E-state index < -0.39 is 17.6 Å². The zero-order valence-electron chi connectivity index (χ0n) is 7.42. The van der Waals surface area contributed by atoms with Crippen LogP contribution in [0.4, 0.5) is 0 Å². The Bertz CT molecular complexity index is 270. The van der Waals surface area contributed by atoms with Crippen molar-refractivity contribution >= 4 is 18.5 Å². The van der Waals surface area contributed by atoms with Crippen LogP contribution in [-0.2, 0) is 9.59 Å². The van der Waals surface area contributed by atoms with E-state index in [-0.39, 0.29) is 5.70 Å². The fourth-order valence-corrected chi connectivity index (χ4v) is 0.646. The highest BCUT2D eigenvalue weighted by molar-refractivity contribution is 6.03. The molecule has 0 saturated heterocycles. The summed E-state index contributed by atoms with van der Waals surface area (Å²) in [5, 5.41) is 13.8. The number of hydrogen-bond donors (Lipinski definition) is 3. The number of likely N-dealkylation sites (N-methyl/N-ethyl adjacent to an activating group) is 2. The van der Waals surface area contributed by atoms with Gasteiger partial charge in [0.1, 0.15) is 5.70 Å². The van der Waals surface area contributed by atoms with Crippen LogP contribution in [0.15, 0.2) is 16.4 Å². The summed E-state index contributed by atoms with van der Waals surface area (Å²) in [6, 6.07) is 0. The molecule has 0 atom stereocenters. The van der Waals surface area contributed by atoms with Gasteiger partial charge in [0.15, 0.2) is 0 Å². The van der Waals surface area contributed by atoms with Crippen LogP contribution in [-0.4, -0.2) is 37.7 Å². The first-order chi connectivity index (χ1) is 6.08. The normalized spacial score (nSPS) is 11.2. The summed E-state index contributed by atoms with van der Waals surface area (Å²) < 4.78 is 0. The molecule has 0 aromatic carbocycles. The molecule has 0 saturated carbocycles. The third-order valence-corrected chi connectivity index (χ3v) is 1.29. The van der Waals surface area contributed by atoms with Crippen LogP contribution in [0, 0.1) is 0 Å². The molecule has 0 fully saturated rings. The molecule has 0 bridgehead atoms. The number of amides is 2. The molecular weight excluding hydrogens is 174 g/mol. The molecule has 0 heterocycles. The van der Waals surface area contributed by atoms with Crippen LogP contribution >= 0.6 is 0 Å². The second-order valence-corrected chi connectivity index (χ2v) is 2.02. The maximum absolute atomic E-state index is 11.0. The molecule has 0 unspecified atom stereocenters. The van der Waals surface area contributed by atoms with Gasteiger partial charge in [-0.3, -0.25) is 9.59 Å². The Labute approximate surface area is 75.4 Å². The lowest BCUT2D eigenvalue weighted by Crippen LogP contribution is -2.29. The van der Waals surface area contributed by atoms with Gasteiger partial charge in [0.2, 0.25) is 5.76 Å². The van der Waals surface area contributed by atoms with E-state index in [1.165, 1.54) is 14.1 Å². The second kappa shape index (κ2) is 4.91. The number of carbonyl (C=O) groups excluding carboxylic acids is 2. The number of hydrogen-bond acceptors (Lipinski definition) is 4. The molecule has 0 radical (unpaired) electrons. The highest BCUT2D eigenvalue weighted by Gasteiger charge is 2.17. The van der Waals surface area contributed by atoms with E-state index in [1.807, 2.05) is 0 Å². The summed E-state index contributed by atoms with van der Waals surface area (Å²) in [4.78, 5) is 24.7. The highest BCUT2D eigenvalue weighted by Crippen LogP contribution is 1.99. The number of aliphatic hydroxyl groups is 1. The predicted molar refractivity (Wildman–Crippen MR) is 47.3 cm³/mol. The Morgan fingerprint density at radius 2 is 1.85 bits per heavy atom. The molecule has 72 valence electrons. The van der Waals surface area contributed by atoms with Crippen molar-refractivity contribution in [1.82, 2.24) is 10.6 Å². The topological polar surface area (TPSA) is 90.8 Å². The van der Waals surface area contributed by atoms with Gasteiger partial charge in [-0.05, 0) is 6.72 Å². The van der Waals surface area contributed by atoms with Crippen LogP contribution < -0.4 is 10.6 Å². The van der Waals surface area contributed by atoms with E-state index in [9.17, 15) is 9.59 Å². The molecule has 0 aromatic rings. The summed E-state index contributed by atoms with van der Waals surface area (Å²) >= 11 is 0. The van der Waals surface area contributed by atoms with Crippen LogP contribution in [0.25, 0.3) is 0 Å². The number of nitrogens with zero attached hydrogens (tertiary/aromatic N) is 1. The zero-order valence-corrected chi connectivity index (χ0v) is 7.42. The first-order valence-corrected chi connectivity index (χ1v) is 3.42. The monoisotopic (exact) mass is 185 g/mol. The maximum atomic E-state index is 11.0. The largest absolute Gasteiger partial charge is 0.501 e. The number of nitrogens with one attached hydrogen (secondary N) is 2. The average Bonchev–Trinajstić information content (AvgIpc) is 2.17. The average molecular weight is 185 g/mol. The SMILES string of the molecule is C=NC(=O)C(O)=C(NC)C(=O)NC. The smallest absolute Gasteiger partial charge is 0.313 e. The van der Waals surface area contributed by atoms with Gasteiger partial charge in [-0.25, -0.2) is 4.99 Å². The molecule has 13 heavy (non-hydrogen) atoms. The summed E-state index contributed by atoms with van der Waals surface area (Å²) in [6.45, 7) is 2.93. The number of carbonyl (C=O) groups is 2. The van der Waals surface area contributed by atoms with Crippen molar-refractivity contribution in [3.8, 4) is 0 Å².